The Bertz CT molecular complexity index is 374. The number of amides is 1. The monoisotopic (exact) mass is 193 g/mol. The lowest BCUT2D eigenvalue weighted by Crippen LogP contribution is -2.19. The third-order valence-corrected chi connectivity index (χ3v) is 2.36. The van der Waals surface area contributed by atoms with Crippen molar-refractivity contribution in [2.24, 2.45) is 5.73 Å². The van der Waals surface area contributed by atoms with Crippen LogP contribution in [-0.2, 0) is 4.79 Å². The third kappa shape index (κ3) is 1.79. The minimum Gasteiger partial charge on any atom is -0.397 e. The van der Waals surface area contributed by atoms with E-state index in [1.54, 1.807) is 19.1 Å². The molecule has 0 saturated carbocycles. The molecule has 1 atom stereocenters. The van der Waals surface area contributed by atoms with Crippen LogP contribution in [0.5, 0.6) is 0 Å². The van der Waals surface area contributed by atoms with Gasteiger partial charge in [0.05, 0.1) is 17.3 Å². The van der Waals surface area contributed by atoms with Crippen LogP contribution in [0.2, 0.25) is 0 Å². The maximum absolute atomic E-state index is 11.0. The SMILES string of the molecule is Cc1cc(N)c(N)cc1C(C)C(N)=O. The molecule has 4 heteroatoms. The quantitative estimate of drug-likeness (QED) is 0.605. The van der Waals surface area contributed by atoms with Crippen molar-refractivity contribution in [3.8, 4) is 0 Å². The van der Waals surface area contributed by atoms with Gasteiger partial charge in [-0.3, -0.25) is 4.79 Å². The molecule has 1 aromatic rings. The molecule has 1 aromatic carbocycles. The number of aryl methyl sites for hydroxylation is 1. The molecule has 1 unspecified atom stereocenters. The Morgan fingerprint density at radius 3 is 2.29 bits per heavy atom. The summed E-state index contributed by atoms with van der Waals surface area (Å²) in [4.78, 5) is 11.0. The van der Waals surface area contributed by atoms with Crippen molar-refractivity contribution in [3.05, 3.63) is 23.3 Å². The van der Waals surface area contributed by atoms with Gasteiger partial charge in [0, 0.05) is 0 Å². The maximum atomic E-state index is 11.0. The normalized spacial score (nSPS) is 12.4. The number of rotatable bonds is 2. The number of carbonyl (C=O) groups is 1. The average Bonchev–Trinajstić information content (AvgIpc) is 2.10. The van der Waals surface area contributed by atoms with E-state index < -0.39 is 0 Å². The smallest absolute Gasteiger partial charge is 0.224 e. The van der Waals surface area contributed by atoms with Crippen LogP contribution in [0, 0.1) is 6.92 Å². The summed E-state index contributed by atoms with van der Waals surface area (Å²) < 4.78 is 0. The number of carbonyl (C=O) groups excluding carboxylic acids is 1. The molecule has 0 radical (unpaired) electrons. The van der Waals surface area contributed by atoms with Gasteiger partial charge in [-0.2, -0.15) is 0 Å². The minimum atomic E-state index is -0.364. The zero-order chi connectivity index (χ0) is 10.9. The molecule has 0 aliphatic rings. The van der Waals surface area contributed by atoms with E-state index in [1.165, 1.54) is 0 Å². The molecular formula is C10H15N3O. The van der Waals surface area contributed by atoms with E-state index >= 15 is 0 Å². The molecule has 0 spiro atoms. The number of hydrogen-bond donors (Lipinski definition) is 3. The van der Waals surface area contributed by atoms with Crippen LogP contribution in [0.4, 0.5) is 11.4 Å². The van der Waals surface area contributed by atoms with Crippen molar-refractivity contribution in [1.29, 1.82) is 0 Å². The summed E-state index contributed by atoms with van der Waals surface area (Å²) >= 11 is 0. The summed E-state index contributed by atoms with van der Waals surface area (Å²) in [5, 5.41) is 0. The van der Waals surface area contributed by atoms with Crippen LogP contribution < -0.4 is 17.2 Å². The fraction of sp³-hybridized carbons (Fsp3) is 0.300. The highest BCUT2D eigenvalue weighted by Crippen LogP contribution is 2.26. The largest absolute Gasteiger partial charge is 0.397 e. The molecule has 0 aliphatic carbocycles. The molecule has 0 saturated heterocycles. The first-order chi connectivity index (χ1) is 6.43. The maximum Gasteiger partial charge on any atom is 0.224 e. The van der Waals surface area contributed by atoms with Gasteiger partial charge in [-0.1, -0.05) is 0 Å². The van der Waals surface area contributed by atoms with Gasteiger partial charge in [0.2, 0.25) is 5.91 Å². The summed E-state index contributed by atoms with van der Waals surface area (Å²) in [7, 11) is 0. The molecule has 14 heavy (non-hydrogen) atoms. The summed E-state index contributed by atoms with van der Waals surface area (Å²) in [6.45, 7) is 3.63. The first kappa shape index (κ1) is 10.4. The van der Waals surface area contributed by atoms with Gasteiger partial charge in [-0.05, 0) is 37.1 Å². The summed E-state index contributed by atoms with van der Waals surface area (Å²) in [6.07, 6.45) is 0. The summed E-state index contributed by atoms with van der Waals surface area (Å²) in [6, 6.07) is 3.46. The van der Waals surface area contributed by atoms with Crippen LogP contribution in [0.1, 0.15) is 24.0 Å². The van der Waals surface area contributed by atoms with E-state index in [0.717, 1.165) is 11.1 Å². The highest BCUT2D eigenvalue weighted by molar-refractivity contribution is 5.83. The molecule has 0 heterocycles. The van der Waals surface area contributed by atoms with Crippen LogP contribution in [0.3, 0.4) is 0 Å². The van der Waals surface area contributed by atoms with Gasteiger partial charge in [-0.15, -0.1) is 0 Å². The minimum absolute atomic E-state index is 0.335. The molecule has 4 nitrogen and oxygen atoms in total. The number of nitrogens with two attached hydrogens (primary N) is 3. The number of benzene rings is 1. The second-order valence-electron chi connectivity index (χ2n) is 3.46. The Balaban J connectivity index is 3.22. The van der Waals surface area contributed by atoms with Gasteiger partial charge in [-0.25, -0.2) is 0 Å². The lowest BCUT2D eigenvalue weighted by atomic mass is 9.95. The molecule has 0 aromatic heterocycles. The number of primary amides is 1. The molecule has 0 aliphatic heterocycles. The molecular weight excluding hydrogens is 178 g/mol. The Kier molecular flexibility index (Phi) is 2.65. The highest BCUT2D eigenvalue weighted by atomic mass is 16.1. The molecule has 1 amide bonds. The standard InChI is InChI=1S/C10H15N3O/c1-5-3-8(11)9(12)4-7(5)6(2)10(13)14/h3-4,6H,11-12H2,1-2H3,(H2,13,14). The molecule has 6 N–H and O–H groups in total. The topological polar surface area (TPSA) is 95.1 Å². The fourth-order valence-electron chi connectivity index (χ4n) is 1.38. The molecule has 0 bridgehead atoms. The van der Waals surface area contributed by atoms with E-state index in [2.05, 4.69) is 0 Å². The van der Waals surface area contributed by atoms with Crippen LogP contribution in [-0.4, -0.2) is 5.91 Å². The van der Waals surface area contributed by atoms with Gasteiger partial charge < -0.3 is 17.2 Å². The molecule has 0 fully saturated rings. The van der Waals surface area contributed by atoms with Gasteiger partial charge in [0.1, 0.15) is 0 Å². The number of hydrogen-bond acceptors (Lipinski definition) is 3. The Morgan fingerprint density at radius 2 is 1.79 bits per heavy atom. The summed E-state index contributed by atoms with van der Waals surface area (Å²) in [5.41, 5.74) is 19.3. The lowest BCUT2D eigenvalue weighted by molar-refractivity contribution is -0.119. The van der Waals surface area contributed by atoms with E-state index in [0.29, 0.717) is 11.4 Å². The third-order valence-electron chi connectivity index (χ3n) is 2.36. The second kappa shape index (κ2) is 3.57. The van der Waals surface area contributed by atoms with Crippen molar-refractivity contribution in [3.63, 3.8) is 0 Å². The van der Waals surface area contributed by atoms with Crippen molar-refractivity contribution in [1.82, 2.24) is 0 Å². The summed E-state index contributed by atoms with van der Waals surface area (Å²) in [5.74, 6) is -0.699. The second-order valence-corrected chi connectivity index (χ2v) is 3.46. The van der Waals surface area contributed by atoms with E-state index in [1.807, 2.05) is 6.92 Å². The Labute approximate surface area is 83.1 Å². The van der Waals surface area contributed by atoms with Gasteiger partial charge in [0.15, 0.2) is 0 Å². The first-order valence-corrected chi connectivity index (χ1v) is 4.38. The van der Waals surface area contributed by atoms with Gasteiger partial charge in [0.25, 0.3) is 0 Å². The van der Waals surface area contributed by atoms with Crippen molar-refractivity contribution in [2.45, 2.75) is 19.8 Å². The van der Waals surface area contributed by atoms with E-state index in [9.17, 15) is 4.79 Å². The molecule has 76 valence electrons. The number of anilines is 2. The van der Waals surface area contributed by atoms with Crippen molar-refractivity contribution in [2.75, 3.05) is 11.5 Å². The number of nitrogen functional groups attached to an aromatic ring is 2. The fourth-order valence-corrected chi connectivity index (χ4v) is 1.38. The Hall–Kier alpha value is -1.71. The van der Waals surface area contributed by atoms with Crippen LogP contribution in [0.25, 0.3) is 0 Å². The zero-order valence-electron chi connectivity index (χ0n) is 8.37. The Morgan fingerprint density at radius 1 is 1.29 bits per heavy atom. The average molecular weight is 193 g/mol. The van der Waals surface area contributed by atoms with Gasteiger partial charge >= 0.3 is 0 Å². The molecule has 1 rings (SSSR count). The van der Waals surface area contributed by atoms with Crippen LogP contribution >= 0.6 is 0 Å². The first-order valence-electron chi connectivity index (χ1n) is 4.38. The lowest BCUT2D eigenvalue weighted by Gasteiger charge is -2.13. The predicted molar refractivity (Wildman–Crippen MR) is 57.6 cm³/mol. The van der Waals surface area contributed by atoms with Crippen molar-refractivity contribution >= 4 is 17.3 Å². The van der Waals surface area contributed by atoms with E-state index in [4.69, 9.17) is 17.2 Å². The van der Waals surface area contributed by atoms with E-state index in [-0.39, 0.29) is 11.8 Å². The zero-order valence-corrected chi connectivity index (χ0v) is 8.37. The predicted octanol–water partition coefficient (Wildman–Crippen LogP) is 0.748. The van der Waals surface area contributed by atoms with Crippen LogP contribution in [0.15, 0.2) is 12.1 Å². The highest BCUT2D eigenvalue weighted by Gasteiger charge is 2.15. The van der Waals surface area contributed by atoms with Crippen molar-refractivity contribution < 1.29 is 4.79 Å².